The van der Waals surface area contributed by atoms with Crippen LogP contribution in [0.4, 0.5) is 16.3 Å². The molecule has 1 fully saturated rings. The average Bonchev–Trinajstić information content (AvgIpc) is 3.50. The second-order valence-corrected chi connectivity index (χ2v) is 9.59. The van der Waals surface area contributed by atoms with Crippen LogP contribution in [0, 0.1) is 6.92 Å². The number of ether oxygens (including phenoxy) is 1. The summed E-state index contributed by atoms with van der Waals surface area (Å²) in [4.78, 5) is 28.9. The van der Waals surface area contributed by atoms with E-state index in [4.69, 9.17) is 9.84 Å². The van der Waals surface area contributed by atoms with Gasteiger partial charge in [-0.3, -0.25) is 15.1 Å². The summed E-state index contributed by atoms with van der Waals surface area (Å²) in [6, 6.07) is 19.9. The molecule has 1 aliphatic carbocycles. The molecule has 0 aliphatic heterocycles. The van der Waals surface area contributed by atoms with Crippen molar-refractivity contribution < 1.29 is 14.3 Å². The van der Waals surface area contributed by atoms with Gasteiger partial charge in [-0.25, -0.2) is 9.48 Å². The van der Waals surface area contributed by atoms with E-state index in [9.17, 15) is 9.59 Å². The summed E-state index contributed by atoms with van der Waals surface area (Å²) in [6.45, 7) is 6.02. The van der Waals surface area contributed by atoms with E-state index in [2.05, 4.69) is 22.5 Å². The van der Waals surface area contributed by atoms with E-state index in [0.29, 0.717) is 35.1 Å². The first-order valence-corrected chi connectivity index (χ1v) is 12.4. The molecule has 0 spiro atoms. The SMILES string of the molecule is CCC(=O)c1cc(Oc2ccc(NC(=O)Nc3cc(C4(C)CC4)nn3-c3cccc(C)c3)cc2)ccn1. The van der Waals surface area contributed by atoms with Crippen LogP contribution >= 0.6 is 0 Å². The van der Waals surface area contributed by atoms with Crippen LogP contribution in [0.3, 0.4) is 0 Å². The molecule has 0 radical (unpaired) electrons. The van der Waals surface area contributed by atoms with Crippen LogP contribution in [0.15, 0.2) is 72.9 Å². The van der Waals surface area contributed by atoms with Crippen molar-refractivity contribution in [2.24, 2.45) is 0 Å². The van der Waals surface area contributed by atoms with Gasteiger partial charge in [0, 0.05) is 35.9 Å². The van der Waals surface area contributed by atoms with Crippen LogP contribution in [0.2, 0.25) is 0 Å². The maximum Gasteiger partial charge on any atom is 0.324 e. The van der Waals surface area contributed by atoms with Gasteiger partial charge in [0.2, 0.25) is 0 Å². The number of urea groups is 1. The van der Waals surface area contributed by atoms with Crippen LogP contribution < -0.4 is 15.4 Å². The Balaban J connectivity index is 1.27. The number of carbonyl (C=O) groups is 2. The zero-order valence-electron chi connectivity index (χ0n) is 21.1. The van der Waals surface area contributed by atoms with Gasteiger partial charge >= 0.3 is 6.03 Å². The molecule has 0 atom stereocenters. The molecule has 37 heavy (non-hydrogen) atoms. The zero-order chi connectivity index (χ0) is 26.0. The predicted molar refractivity (Wildman–Crippen MR) is 143 cm³/mol. The number of nitrogens with one attached hydrogen (secondary N) is 2. The van der Waals surface area contributed by atoms with Crippen molar-refractivity contribution in [1.82, 2.24) is 14.8 Å². The van der Waals surface area contributed by atoms with Crippen LogP contribution in [-0.2, 0) is 5.41 Å². The molecule has 2 amide bonds. The fraction of sp³-hybridized carbons (Fsp3) is 0.241. The van der Waals surface area contributed by atoms with Gasteiger partial charge in [0.15, 0.2) is 5.78 Å². The number of aryl methyl sites for hydroxylation is 1. The molecular formula is C29H29N5O3. The summed E-state index contributed by atoms with van der Waals surface area (Å²) in [7, 11) is 0. The smallest absolute Gasteiger partial charge is 0.324 e. The Labute approximate surface area is 215 Å². The van der Waals surface area contributed by atoms with Gasteiger partial charge in [0.1, 0.15) is 23.0 Å². The number of hydrogen-bond donors (Lipinski definition) is 2. The van der Waals surface area contributed by atoms with Gasteiger partial charge in [-0.15, -0.1) is 0 Å². The summed E-state index contributed by atoms with van der Waals surface area (Å²) in [5.41, 5.74) is 4.04. The van der Waals surface area contributed by atoms with E-state index in [0.717, 1.165) is 29.8 Å². The minimum absolute atomic E-state index is 0.0434. The predicted octanol–water partition coefficient (Wildman–Crippen LogP) is 6.66. The topological polar surface area (TPSA) is 98.1 Å². The van der Waals surface area contributed by atoms with Crippen LogP contribution in [0.25, 0.3) is 5.69 Å². The fourth-order valence-corrected chi connectivity index (χ4v) is 3.99. The fourth-order valence-electron chi connectivity index (χ4n) is 3.99. The lowest BCUT2D eigenvalue weighted by atomic mass is 10.1. The highest BCUT2D eigenvalue weighted by Gasteiger charge is 2.42. The second-order valence-electron chi connectivity index (χ2n) is 9.59. The Kier molecular flexibility index (Phi) is 6.48. The van der Waals surface area contributed by atoms with Crippen LogP contribution in [-0.4, -0.2) is 26.6 Å². The number of anilines is 2. The lowest BCUT2D eigenvalue weighted by Gasteiger charge is -2.11. The zero-order valence-corrected chi connectivity index (χ0v) is 21.1. The van der Waals surface area contributed by atoms with Gasteiger partial charge in [-0.2, -0.15) is 5.10 Å². The number of pyridine rings is 1. The number of nitrogens with zero attached hydrogens (tertiary/aromatic N) is 3. The van der Waals surface area contributed by atoms with Crippen molar-refractivity contribution in [3.05, 3.63) is 89.9 Å². The number of Topliss-reactive ketones (excluding diaryl/α,β-unsaturated/α-hetero) is 1. The molecular weight excluding hydrogens is 466 g/mol. The third kappa shape index (κ3) is 5.53. The van der Waals surface area contributed by atoms with Crippen molar-refractivity contribution in [1.29, 1.82) is 0 Å². The van der Waals surface area contributed by atoms with Gasteiger partial charge in [0.05, 0.1) is 11.4 Å². The Morgan fingerprint density at radius 3 is 2.49 bits per heavy atom. The van der Waals surface area contributed by atoms with Crippen LogP contribution in [0.5, 0.6) is 11.5 Å². The van der Waals surface area contributed by atoms with Crippen molar-refractivity contribution in [2.75, 3.05) is 10.6 Å². The van der Waals surface area contributed by atoms with Gasteiger partial charge in [-0.1, -0.05) is 26.0 Å². The summed E-state index contributed by atoms with van der Waals surface area (Å²) >= 11 is 0. The standard InChI is InChI=1S/C29H29N5O3/c1-4-25(35)24-17-23(12-15-30-24)37-22-10-8-20(9-11-22)31-28(36)32-27-18-26(29(3)13-14-29)33-34(27)21-7-5-6-19(2)16-21/h5-12,15-18H,4,13-14H2,1-3H3,(H2,31,32,36). The van der Waals surface area contributed by atoms with Gasteiger partial charge in [-0.05, 0) is 67.8 Å². The quantitative estimate of drug-likeness (QED) is 0.267. The molecule has 2 heterocycles. The number of ketones is 1. The number of carbonyl (C=O) groups excluding carboxylic acids is 2. The molecule has 2 aromatic carbocycles. The molecule has 0 unspecified atom stereocenters. The van der Waals surface area contributed by atoms with E-state index >= 15 is 0 Å². The number of hydrogen-bond acceptors (Lipinski definition) is 5. The Bertz CT molecular complexity index is 1450. The van der Waals surface area contributed by atoms with Crippen molar-refractivity contribution in [3.63, 3.8) is 0 Å². The van der Waals surface area contributed by atoms with E-state index in [1.54, 1.807) is 54.2 Å². The highest BCUT2D eigenvalue weighted by atomic mass is 16.5. The lowest BCUT2D eigenvalue weighted by Crippen LogP contribution is -2.21. The van der Waals surface area contributed by atoms with E-state index in [1.807, 2.05) is 37.3 Å². The summed E-state index contributed by atoms with van der Waals surface area (Å²) in [6.07, 6.45) is 4.11. The normalized spacial score (nSPS) is 13.6. The Morgan fingerprint density at radius 1 is 1.00 bits per heavy atom. The first kappa shape index (κ1) is 24.2. The molecule has 5 rings (SSSR count). The molecule has 188 valence electrons. The van der Waals surface area contributed by atoms with Crippen molar-refractivity contribution in [2.45, 2.75) is 45.4 Å². The maximum atomic E-state index is 12.9. The van der Waals surface area contributed by atoms with Gasteiger partial charge < -0.3 is 10.1 Å². The molecule has 1 aliphatic rings. The van der Waals surface area contributed by atoms with Crippen molar-refractivity contribution in [3.8, 4) is 17.2 Å². The molecule has 2 aromatic heterocycles. The lowest BCUT2D eigenvalue weighted by molar-refractivity contribution is 0.0983. The molecule has 2 N–H and O–H groups in total. The number of benzene rings is 2. The van der Waals surface area contributed by atoms with E-state index in [1.165, 1.54) is 0 Å². The molecule has 1 saturated carbocycles. The summed E-state index contributed by atoms with van der Waals surface area (Å²) in [5.74, 6) is 1.67. The minimum atomic E-state index is -0.369. The Morgan fingerprint density at radius 2 is 1.78 bits per heavy atom. The summed E-state index contributed by atoms with van der Waals surface area (Å²) < 4.78 is 7.64. The molecule has 0 saturated heterocycles. The third-order valence-corrected chi connectivity index (χ3v) is 6.50. The van der Waals surface area contributed by atoms with Gasteiger partial charge in [0.25, 0.3) is 0 Å². The number of aromatic nitrogens is 3. The van der Waals surface area contributed by atoms with E-state index < -0.39 is 0 Å². The molecule has 0 bridgehead atoms. The maximum absolute atomic E-state index is 12.9. The number of rotatable bonds is 8. The minimum Gasteiger partial charge on any atom is -0.457 e. The molecule has 4 aromatic rings. The highest BCUT2D eigenvalue weighted by Crippen LogP contribution is 2.47. The largest absolute Gasteiger partial charge is 0.457 e. The summed E-state index contributed by atoms with van der Waals surface area (Å²) in [5, 5.41) is 10.6. The monoisotopic (exact) mass is 495 g/mol. The Hall–Kier alpha value is -4.46. The number of amides is 2. The van der Waals surface area contributed by atoms with Crippen LogP contribution in [0.1, 0.15) is 54.9 Å². The first-order chi connectivity index (χ1) is 17.8. The molecule has 8 nitrogen and oxygen atoms in total. The second kappa shape index (κ2) is 9.89. The first-order valence-electron chi connectivity index (χ1n) is 12.4. The van der Waals surface area contributed by atoms with E-state index in [-0.39, 0.29) is 17.2 Å². The molecule has 8 heteroatoms. The average molecular weight is 496 g/mol. The van der Waals surface area contributed by atoms with Crippen molar-refractivity contribution >= 4 is 23.3 Å². The highest BCUT2D eigenvalue weighted by molar-refractivity contribution is 5.99. The third-order valence-electron chi connectivity index (χ3n) is 6.50.